The van der Waals surface area contributed by atoms with E-state index in [9.17, 15) is 4.79 Å². The molecule has 0 aromatic carbocycles. The Bertz CT molecular complexity index is 116. The van der Waals surface area contributed by atoms with Crippen molar-refractivity contribution in [2.45, 2.75) is 26.4 Å². The molecule has 0 heterocycles. The van der Waals surface area contributed by atoms with Gasteiger partial charge in [0, 0.05) is 0 Å². The fourth-order valence-corrected chi connectivity index (χ4v) is 0.461. The van der Waals surface area contributed by atoms with Crippen molar-refractivity contribution in [3.05, 3.63) is 11.6 Å². The summed E-state index contributed by atoms with van der Waals surface area (Å²) in [5.74, 6) is 0. The van der Waals surface area contributed by atoms with Crippen LogP contribution in [0.3, 0.4) is 0 Å². The van der Waals surface area contributed by atoms with Crippen LogP contribution in [-0.2, 0) is 4.79 Å². The number of allylic oxidation sites excluding steroid dienone is 1. The lowest BCUT2D eigenvalue weighted by Crippen LogP contribution is -1.99. The van der Waals surface area contributed by atoms with Gasteiger partial charge in [0.05, 0.1) is 6.10 Å². The molecule has 0 saturated heterocycles. The van der Waals surface area contributed by atoms with Crippen molar-refractivity contribution >= 4 is 6.29 Å². The molecule has 0 aliphatic rings. The summed E-state index contributed by atoms with van der Waals surface area (Å²) in [4.78, 5) is 9.98. The smallest absolute Gasteiger partial charge is 0.145 e. The maximum Gasteiger partial charge on any atom is 0.145 e. The summed E-state index contributed by atoms with van der Waals surface area (Å²) < 4.78 is 0. The molecule has 2 heteroatoms. The molecule has 52 valence electrons. The van der Waals surface area contributed by atoms with Gasteiger partial charge in [-0.1, -0.05) is 13.0 Å². The second kappa shape index (κ2) is 4.27. The molecule has 0 fully saturated rings. The standard InChI is InChI=1S/C7H12O2/c1-3-7(9)4-6(2)5-8/h4-5,7,9H,3H2,1-2H3/b6-4+. The third-order valence-corrected chi connectivity index (χ3v) is 1.06. The van der Waals surface area contributed by atoms with Crippen LogP contribution in [0, 0.1) is 0 Å². The SMILES string of the molecule is CCC(O)/C=C(\C)C=O. The van der Waals surface area contributed by atoms with Gasteiger partial charge in [0.1, 0.15) is 6.29 Å². The largest absolute Gasteiger partial charge is 0.389 e. The van der Waals surface area contributed by atoms with E-state index in [1.54, 1.807) is 13.0 Å². The third-order valence-electron chi connectivity index (χ3n) is 1.06. The minimum Gasteiger partial charge on any atom is -0.389 e. The van der Waals surface area contributed by atoms with Crippen molar-refractivity contribution in [2.75, 3.05) is 0 Å². The van der Waals surface area contributed by atoms with E-state index in [0.717, 1.165) is 6.29 Å². The Labute approximate surface area is 55.2 Å². The van der Waals surface area contributed by atoms with Crippen molar-refractivity contribution in [1.29, 1.82) is 0 Å². The average molecular weight is 128 g/mol. The Hall–Kier alpha value is -0.630. The molecule has 9 heavy (non-hydrogen) atoms. The molecule has 2 nitrogen and oxygen atoms in total. The first-order valence-electron chi connectivity index (χ1n) is 3.02. The fraction of sp³-hybridized carbons (Fsp3) is 0.571. The molecule has 0 amide bonds. The Kier molecular flexibility index (Phi) is 3.97. The molecule has 0 spiro atoms. The van der Waals surface area contributed by atoms with Gasteiger partial charge in [0.15, 0.2) is 0 Å². The highest BCUT2D eigenvalue weighted by Gasteiger charge is 1.94. The van der Waals surface area contributed by atoms with Crippen molar-refractivity contribution in [3.8, 4) is 0 Å². The van der Waals surface area contributed by atoms with Crippen LogP contribution in [0.4, 0.5) is 0 Å². The molecule has 1 unspecified atom stereocenters. The van der Waals surface area contributed by atoms with E-state index >= 15 is 0 Å². The summed E-state index contributed by atoms with van der Waals surface area (Å²) in [6, 6.07) is 0. The summed E-state index contributed by atoms with van der Waals surface area (Å²) in [7, 11) is 0. The Morgan fingerprint density at radius 1 is 1.78 bits per heavy atom. The molecule has 0 rings (SSSR count). The second-order valence-electron chi connectivity index (χ2n) is 2.00. The quantitative estimate of drug-likeness (QED) is 0.453. The number of rotatable bonds is 3. The number of carbonyl (C=O) groups is 1. The first-order valence-corrected chi connectivity index (χ1v) is 3.02. The van der Waals surface area contributed by atoms with Crippen molar-refractivity contribution in [3.63, 3.8) is 0 Å². The van der Waals surface area contributed by atoms with Gasteiger partial charge in [0.25, 0.3) is 0 Å². The summed E-state index contributed by atoms with van der Waals surface area (Å²) in [5.41, 5.74) is 0.587. The highest BCUT2D eigenvalue weighted by molar-refractivity contribution is 5.72. The second-order valence-corrected chi connectivity index (χ2v) is 2.00. The number of aliphatic hydroxyl groups is 1. The minimum atomic E-state index is -0.463. The third kappa shape index (κ3) is 3.91. The zero-order valence-electron chi connectivity index (χ0n) is 5.79. The van der Waals surface area contributed by atoms with Gasteiger partial charge >= 0.3 is 0 Å². The number of hydrogen-bond acceptors (Lipinski definition) is 2. The van der Waals surface area contributed by atoms with Crippen molar-refractivity contribution < 1.29 is 9.90 Å². The van der Waals surface area contributed by atoms with Gasteiger partial charge in [-0.25, -0.2) is 0 Å². The lowest BCUT2D eigenvalue weighted by Gasteiger charge is -1.98. The molecule has 0 saturated carbocycles. The highest BCUT2D eigenvalue weighted by atomic mass is 16.3. The zero-order chi connectivity index (χ0) is 7.28. The average Bonchev–Trinajstić information content (AvgIpc) is 1.87. The van der Waals surface area contributed by atoms with E-state index in [2.05, 4.69) is 0 Å². The monoisotopic (exact) mass is 128 g/mol. The van der Waals surface area contributed by atoms with E-state index < -0.39 is 6.10 Å². The lowest BCUT2D eigenvalue weighted by atomic mass is 10.2. The van der Waals surface area contributed by atoms with Crippen LogP contribution in [0.25, 0.3) is 0 Å². The molecular weight excluding hydrogens is 116 g/mol. The summed E-state index contributed by atoms with van der Waals surface area (Å²) in [5, 5.41) is 8.92. The van der Waals surface area contributed by atoms with Gasteiger partial charge in [-0.3, -0.25) is 4.79 Å². The lowest BCUT2D eigenvalue weighted by molar-refractivity contribution is -0.104. The van der Waals surface area contributed by atoms with Crippen LogP contribution in [0.5, 0.6) is 0 Å². The maximum atomic E-state index is 9.98. The first-order chi connectivity index (χ1) is 4.20. The Morgan fingerprint density at radius 3 is 2.67 bits per heavy atom. The van der Waals surface area contributed by atoms with Gasteiger partial charge < -0.3 is 5.11 Å². The van der Waals surface area contributed by atoms with Crippen molar-refractivity contribution in [2.24, 2.45) is 0 Å². The molecule has 1 N–H and O–H groups in total. The maximum absolute atomic E-state index is 9.98. The normalized spacial score (nSPS) is 15.2. The molecule has 0 aliphatic carbocycles. The highest BCUT2D eigenvalue weighted by Crippen LogP contribution is 1.95. The van der Waals surface area contributed by atoms with Gasteiger partial charge in [-0.2, -0.15) is 0 Å². The van der Waals surface area contributed by atoms with E-state index in [-0.39, 0.29) is 0 Å². The number of aliphatic hydroxyl groups excluding tert-OH is 1. The van der Waals surface area contributed by atoms with Crippen LogP contribution < -0.4 is 0 Å². The zero-order valence-corrected chi connectivity index (χ0v) is 5.79. The van der Waals surface area contributed by atoms with Crippen LogP contribution in [-0.4, -0.2) is 17.5 Å². The van der Waals surface area contributed by atoms with E-state index in [0.29, 0.717) is 12.0 Å². The van der Waals surface area contributed by atoms with Crippen LogP contribution in [0.2, 0.25) is 0 Å². The molecule has 0 bridgehead atoms. The molecule has 0 radical (unpaired) electrons. The molecule has 1 atom stereocenters. The summed E-state index contributed by atoms with van der Waals surface area (Å²) >= 11 is 0. The Morgan fingerprint density at radius 2 is 2.33 bits per heavy atom. The predicted molar refractivity (Wildman–Crippen MR) is 36.1 cm³/mol. The minimum absolute atomic E-state index is 0.463. The van der Waals surface area contributed by atoms with Crippen LogP contribution in [0.1, 0.15) is 20.3 Å². The van der Waals surface area contributed by atoms with E-state index in [1.807, 2.05) is 6.92 Å². The molecule has 0 aromatic rings. The van der Waals surface area contributed by atoms with Crippen LogP contribution in [0.15, 0.2) is 11.6 Å². The molecular formula is C7H12O2. The summed E-state index contributed by atoms with van der Waals surface area (Å²) in [6.45, 7) is 3.53. The van der Waals surface area contributed by atoms with Crippen LogP contribution >= 0.6 is 0 Å². The van der Waals surface area contributed by atoms with E-state index in [4.69, 9.17) is 5.11 Å². The fourth-order valence-electron chi connectivity index (χ4n) is 0.461. The van der Waals surface area contributed by atoms with Gasteiger partial charge in [0.2, 0.25) is 0 Å². The number of aldehydes is 1. The number of carbonyl (C=O) groups excluding carboxylic acids is 1. The van der Waals surface area contributed by atoms with Gasteiger partial charge in [-0.15, -0.1) is 0 Å². The number of hydrogen-bond donors (Lipinski definition) is 1. The van der Waals surface area contributed by atoms with Gasteiger partial charge in [-0.05, 0) is 18.9 Å². The topological polar surface area (TPSA) is 37.3 Å². The van der Waals surface area contributed by atoms with Crippen molar-refractivity contribution in [1.82, 2.24) is 0 Å². The molecule has 0 aromatic heterocycles. The predicted octanol–water partition coefficient (Wildman–Crippen LogP) is 0.902. The summed E-state index contributed by atoms with van der Waals surface area (Å²) in [6.07, 6.45) is 2.48. The van der Waals surface area contributed by atoms with E-state index in [1.165, 1.54) is 0 Å². The first kappa shape index (κ1) is 8.37. The molecule has 0 aliphatic heterocycles. The Balaban J connectivity index is 3.78.